The second-order valence-electron chi connectivity index (χ2n) is 9.25. The van der Waals surface area contributed by atoms with Crippen molar-refractivity contribution in [1.29, 1.82) is 0 Å². The van der Waals surface area contributed by atoms with Gasteiger partial charge >= 0.3 is 0 Å². The lowest BCUT2D eigenvalue weighted by molar-refractivity contribution is -0.139. The minimum Gasteiger partial charge on any atom is -0.352 e. The number of hydrogen-bond acceptors (Lipinski definition) is 4. The van der Waals surface area contributed by atoms with Crippen molar-refractivity contribution in [1.82, 2.24) is 10.2 Å². The molecule has 0 saturated heterocycles. The average molecular weight is 560 g/mol. The first-order valence-electron chi connectivity index (χ1n) is 12.1. The first-order chi connectivity index (χ1) is 17.9. The molecule has 3 rings (SSSR count). The van der Waals surface area contributed by atoms with Gasteiger partial charge in [0.15, 0.2) is 0 Å². The Labute approximate surface area is 228 Å². The van der Waals surface area contributed by atoms with Crippen molar-refractivity contribution in [2.75, 3.05) is 10.8 Å². The van der Waals surface area contributed by atoms with Crippen LogP contribution in [-0.4, -0.2) is 43.8 Å². The first kappa shape index (κ1) is 29.1. The molecule has 0 aliphatic carbocycles. The van der Waals surface area contributed by atoms with Crippen LogP contribution in [0.3, 0.4) is 0 Å². The monoisotopic (exact) mass is 559 g/mol. The fraction of sp³-hybridized carbons (Fsp3) is 0.286. The van der Waals surface area contributed by atoms with Crippen molar-refractivity contribution in [2.24, 2.45) is 0 Å². The number of nitrogens with zero attached hydrogens (tertiary/aromatic N) is 2. The number of anilines is 1. The molecule has 3 aromatic carbocycles. The van der Waals surface area contributed by atoms with Gasteiger partial charge in [0.05, 0.1) is 10.6 Å². The SMILES string of the molecule is Cc1ccc(N(CC(=O)N(Cc2ccc(F)cc2)[C@H](C)C(=O)NC(C)C)S(=O)(=O)c2ccccc2)cc1Cl. The van der Waals surface area contributed by atoms with Crippen molar-refractivity contribution >= 4 is 39.1 Å². The van der Waals surface area contributed by atoms with E-state index < -0.39 is 40.2 Å². The van der Waals surface area contributed by atoms with Crippen molar-refractivity contribution < 1.29 is 22.4 Å². The van der Waals surface area contributed by atoms with E-state index >= 15 is 0 Å². The molecule has 7 nitrogen and oxygen atoms in total. The molecule has 0 aliphatic rings. The van der Waals surface area contributed by atoms with E-state index in [-0.39, 0.29) is 23.2 Å². The highest BCUT2D eigenvalue weighted by Gasteiger charge is 2.32. The van der Waals surface area contributed by atoms with Gasteiger partial charge in [-0.3, -0.25) is 13.9 Å². The maximum Gasteiger partial charge on any atom is 0.264 e. The second kappa shape index (κ2) is 12.4. The molecule has 0 fully saturated rings. The Morgan fingerprint density at radius 2 is 1.61 bits per heavy atom. The van der Waals surface area contributed by atoms with Gasteiger partial charge in [0.25, 0.3) is 10.0 Å². The molecule has 3 aromatic rings. The first-order valence-corrected chi connectivity index (χ1v) is 13.9. The Morgan fingerprint density at radius 3 is 2.18 bits per heavy atom. The lowest BCUT2D eigenvalue weighted by atomic mass is 10.1. The van der Waals surface area contributed by atoms with Gasteiger partial charge in [-0.2, -0.15) is 0 Å². The zero-order valence-electron chi connectivity index (χ0n) is 21.7. The zero-order chi connectivity index (χ0) is 28.0. The molecule has 10 heteroatoms. The highest BCUT2D eigenvalue weighted by Crippen LogP contribution is 2.28. The molecule has 2 amide bonds. The fourth-order valence-corrected chi connectivity index (χ4v) is 5.36. The molecular weight excluding hydrogens is 529 g/mol. The molecule has 0 radical (unpaired) electrons. The molecule has 1 atom stereocenters. The van der Waals surface area contributed by atoms with E-state index in [0.717, 1.165) is 9.87 Å². The van der Waals surface area contributed by atoms with Gasteiger partial charge in [0.2, 0.25) is 11.8 Å². The number of amides is 2. The number of carbonyl (C=O) groups excluding carboxylic acids is 2. The summed E-state index contributed by atoms with van der Waals surface area (Å²) >= 11 is 6.31. The summed E-state index contributed by atoms with van der Waals surface area (Å²) in [7, 11) is -4.18. The molecule has 0 bridgehead atoms. The maximum atomic E-state index is 13.8. The van der Waals surface area contributed by atoms with Crippen LogP contribution in [0.5, 0.6) is 0 Å². The topological polar surface area (TPSA) is 86.8 Å². The number of aryl methyl sites for hydroxylation is 1. The molecule has 0 aromatic heterocycles. The molecule has 202 valence electrons. The summed E-state index contributed by atoms with van der Waals surface area (Å²) in [6.45, 7) is 6.33. The Balaban J connectivity index is 2.04. The normalized spacial score (nSPS) is 12.2. The third kappa shape index (κ3) is 7.11. The van der Waals surface area contributed by atoms with Gasteiger partial charge in [0, 0.05) is 17.6 Å². The van der Waals surface area contributed by atoms with E-state index in [9.17, 15) is 22.4 Å². The van der Waals surface area contributed by atoms with E-state index in [1.807, 2.05) is 0 Å². The van der Waals surface area contributed by atoms with E-state index in [4.69, 9.17) is 11.6 Å². The molecular formula is C28H31ClFN3O4S. The van der Waals surface area contributed by atoms with Crippen molar-refractivity contribution in [3.8, 4) is 0 Å². The number of hydrogen-bond donors (Lipinski definition) is 1. The second-order valence-corrected chi connectivity index (χ2v) is 11.5. The molecule has 0 spiro atoms. The predicted molar refractivity (Wildman–Crippen MR) is 147 cm³/mol. The Bertz CT molecular complexity index is 1380. The zero-order valence-corrected chi connectivity index (χ0v) is 23.3. The number of sulfonamides is 1. The minimum atomic E-state index is -4.18. The van der Waals surface area contributed by atoms with Crippen LogP contribution in [0.25, 0.3) is 0 Å². The summed E-state index contributed by atoms with van der Waals surface area (Å²) < 4.78 is 41.9. The van der Waals surface area contributed by atoms with Crippen molar-refractivity contribution in [3.05, 3.63) is 94.8 Å². The van der Waals surface area contributed by atoms with Gasteiger partial charge in [-0.25, -0.2) is 12.8 Å². The lowest BCUT2D eigenvalue weighted by Gasteiger charge is -2.32. The van der Waals surface area contributed by atoms with Gasteiger partial charge in [-0.15, -0.1) is 0 Å². The quantitative estimate of drug-likeness (QED) is 0.382. The Morgan fingerprint density at radius 1 is 0.974 bits per heavy atom. The highest BCUT2D eigenvalue weighted by atomic mass is 35.5. The lowest BCUT2D eigenvalue weighted by Crippen LogP contribution is -2.52. The smallest absolute Gasteiger partial charge is 0.264 e. The molecule has 0 unspecified atom stereocenters. The predicted octanol–water partition coefficient (Wildman–Crippen LogP) is 4.92. The standard InChI is InChI=1S/C28H31ClFN3O4S/c1-19(2)31-28(35)21(4)32(17-22-11-13-23(30)14-12-22)27(34)18-33(24-15-10-20(3)26(29)16-24)38(36,37)25-8-6-5-7-9-25/h5-16,19,21H,17-18H2,1-4H3,(H,31,35)/t21-/m1/s1. The minimum absolute atomic E-state index is 0.000168. The van der Waals surface area contributed by atoms with Crippen LogP contribution in [0.1, 0.15) is 31.9 Å². The van der Waals surface area contributed by atoms with Gasteiger partial charge in [-0.05, 0) is 75.2 Å². The van der Waals surface area contributed by atoms with Crippen molar-refractivity contribution in [2.45, 2.75) is 51.2 Å². The highest BCUT2D eigenvalue weighted by molar-refractivity contribution is 7.92. The molecule has 0 heterocycles. The number of halogens is 2. The van der Waals surface area contributed by atoms with Crippen LogP contribution in [0.15, 0.2) is 77.7 Å². The summed E-state index contributed by atoms with van der Waals surface area (Å²) in [5, 5.41) is 3.13. The third-order valence-electron chi connectivity index (χ3n) is 5.92. The Hall–Kier alpha value is -3.43. The van der Waals surface area contributed by atoms with Crippen LogP contribution in [0, 0.1) is 12.7 Å². The van der Waals surface area contributed by atoms with E-state index in [1.54, 1.807) is 58.0 Å². The van der Waals surface area contributed by atoms with E-state index in [0.29, 0.717) is 10.6 Å². The van der Waals surface area contributed by atoms with Crippen LogP contribution >= 0.6 is 11.6 Å². The van der Waals surface area contributed by atoms with Crippen LogP contribution in [-0.2, 0) is 26.2 Å². The van der Waals surface area contributed by atoms with Crippen LogP contribution < -0.4 is 9.62 Å². The Kier molecular flexibility index (Phi) is 9.51. The summed E-state index contributed by atoms with van der Waals surface area (Å²) in [6, 6.07) is 16.9. The van der Waals surface area contributed by atoms with E-state index in [2.05, 4.69) is 5.32 Å². The average Bonchev–Trinajstić information content (AvgIpc) is 2.88. The number of rotatable bonds is 10. The largest absolute Gasteiger partial charge is 0.352 e. The van der Waals surface area contributed by atoms with Crippen LogP contribution in [0.4, 0.5) is 10.1 Å². The number of benzene rings is 3. The fourth-order valence-electron chi connectivity index (χ4n) is 3.76. The summed E-state index contributed by atoms with van der Waals surface area (Å²) in [5.74, 6) is -1.45. The van der Waals surface area contributed by atoms with E-state index in [1.165, 1.54) is 47.4 Å². The number of carbonyl (C=O) groups is 2. The van der Waals surface area contributed by atoms with Gasteiger partial charge < -0.3 is 10.2 Å². The molecule has 0 aliphatic heterocycles. The maximum absolute atomic E-state index is 13.8. The summed E-state index contributed by atoms with van der Waals surface area (Å²) in [6.07, 6.45) is 0. The van der Waals surface area contributed by atoms with Gasteiger partial charge in [0.1, 0.15) is 18.4 Å². The van der Waals surface area contributed by atoms with Gasteiger partial charge in [-0.1, -0.05) is 48.0 Å². The summed E-state index contributed by atoms with van der Waals surface area (Å²) in [5.41, 5.74) is 1.54. The van der Waals surface area contributed by atoms with Crippen molar-refractivity contribution in [3.63, 3.8) is 0 Å². The van der Waals surface area contributed by atoms with Crippen LogP contribution in [0.2, 0.25) is 5.02 Å². The third-order valence-corrected chi connectivity index (χ3v) is 8.11. The molecule has 38 heavy (non-hydrogen) atoms. The summed E-state index contributed by atoms with van der Waals surface area (Å²) in [4.78, 5) is 28.0. The number of nitrogens with one attached hydrogen (secondary N) is 1. The molecule has 1 N–H and O–H groups in total. The molecule has 0 saturated carbocycles.